The Bertz CT molecular complexity index is 396. The minimum absolute atomic E-state index is 0.325. The Balaban J connectivity index is 2.01. The highest BCUT2D eigenvalue weighted by atomic mass is 16.5. The lowest BCUT2D eigenvalue weighted by molar-refractivity contribution is 0.0427. The molecule has 0 spiro atoms. The van der Waals surface area contributed by atoms with E-state index in [1.165, 1.54) is 42.4 Å². The monoisotopic (exact) mass is 261 g/mol. The lowest BCUT2D eigenvalue weighted by Crippen LogP contribution is -2.27. The van der Waals surface area contributed by atoms with Gasteiger partial charge in [0.15, 0.2) is 0 Å². The van der Waals surface area contributed by atoms with Crippen molar-refractivity contribution in [2.75, 3.05) is 13.2 Å². The van der Waals surface area contributed by atoms with Crippen LogP contribution in [0.4, 0.5) is 0 Å². The fourth-order valence-electron chi connectivity index (χ4n) is 3.01. The molecule has 0 radical (unpaired) electrons. The molecule has 1 atom stereocenters. The smallest absolute Gasteiger partial charge is 0.0665 e. The summed E-state index contributed by atoms with van der Waals surface area (Å²) in [5.41, 5.74) is 4.07. The van der Waals surface area contributed by atoms with Gasteiger partial charge in [-0.25, -0.2) is 0 Å². The first-order chi connectivity index (χ1) is 9.20. The van der Waals surface area contributed by atoms with Crippen LogP contribution >= 0.6 is 0 Å². The van der Waals surface area contributed by atoms with E-state index in [1.54, 1.807) is 0 Å². The van der Waals surface area contributed by atoms with Crippen LogP contribution in [-0.4, -0.2) is 19.3 Å². The molecule has 1 aliphatic carbocycles. The Morgan fingerprint density at radius 3 is 2.63 bits per heavy atom. The quantitative estimate of drug-likeness (QED) is 0.838. The summed E-state index contributed by atoms with van der Waals surface area (Å²) < 4.78 is 6.09. The maximum absolute atomic E-state index is 6.09. The van der Waals surface area contributed by atoms with E-state index in [2.05, 4.69) is 44.3 Å². The van der Waals surface area contributed by atoms with Crippen LogP contribution in [0.15, 0.2) is 18.2 Å². The Hall–Kier alpha value is -0.860. The second kappa shape index (κ2) is 7.06. The van der Waals surface area contributed by atoms with Crippen molar-refractivity contribution in [2.24, 2.45) is 0 Å². The molecule has 0 aromatic heterocycles. The number of benzene rings is 1. The molecule has 1 aliphatic rings. The van der Waals surface area contributed by atoms with Gasteiger partial charge >= 0.3 is 0 Å². The molecule has 2 heteroatoms. The number of aryl methyl sites for hydroxylation is 2. The molecule has 1 aromatic rings. The summed E-state index contributed by atoms with van der Waals surface area (Å²) in [6.07, 6.45) is 5.64. The van der Waals surface area contributed by atoms with Crippen molar-refractivity contribution in [3.8, 4) is 0 Å². The zero-order valence-electron chi connectivity index (χ0n) is 12.5. The topological polar surface area (TPSA) is 21.3 Å². The highest BCUT2D eigenvalue weighted by molar-refractivity contribution is 5.32. The molecular weight excluding hydrogens is 234 g/mol. The second-order valence-electron chi connectivity index (χ2n) is 5.71. The van der Waals surface area contributed by atoms with Crippen LogP contribution in [0, 0.1) is 13.8 Å². The van der Waals surface area contributed by atoms with Gasteiger partial charge in [0.05, 0.1) is 18.8 Å². The SMILES string of the molecule is CCNC(COC1CCCC1)c1ccc(C)cc1C. The summed E-state index contributed by atoms with van der Waals surface area (Å²) in [6.45, 7) is 8.27. The number of hydrogen-bond donors (Lipinski definition) is 1. The van der Waals surface area contributed by atoms with Crippen molar-refractivity contribution >= 4 is 0 Å². The first-order valence-corrected chi connectivity index (χ1v) is 7.63. The van der Waals surface area contributed by atoms with Crippen LogP contribution in [0.5, 0.6) is 0 Å². The van der Waals surface area contributed by atoms with Crippen LogP contribution in [0.2, 0.25) is 0 Å². The molecule has 0 aliphatic heterocycles. The van der Waals surface area contributed by atoms with E-state index in [-0.39, 0.29) is 0 Å². The van der Waals surface area contributed by atoms with Crippen LogP contribution in [0.1, 0.15) is 55.3 Å². The van der Waals surface area contributed by atoms with E-state index in [9.17, 15) is 0 Å². The first-order valence-electron chi connectivity index (χ1n) is 7.63. The summed E-state index contributed by atoms with van der Waals surface area (Å²) >= 11 is 0. The molecule has 19 heavy (non-hydrogen) atoms. The van der Waals surface area contributed by atoms with Crippen molar-refractivity contribution < 1.29 is 4.74 Å². The van der Waals surface area contributed by atoms with Gasteiger partial charge in [0.2, 0.25) is 0 Å². The maximum Gasteiger partial charge on any atom is 0.0665 e. The molecule has 1 N–H and O–H groups in total. The highest BCUT2D eigenvalue weighted by Crippen LogP contribution is 2.24. The highest BCUT2D eigenvalue weighted by Gasteiger charge is 2.19. The molecule has 1 aromatic carbocycles. The second-order valence-corrected chi connectivity index (χ2v) is 5.71. The molecule has 0 heterocycles. The number of rotatable bonds is 6. The number of likely N-dealkylation sites (N-methyl/N-ethyl adjacent to an activating group) is 1. The standard InChI is InChI=1S/C17H27NO/c1-4-18-17(12-19-15-7-5-6-8-15)16-10-9-13(2)11-14(16)3/h9-11,15,17-18H,4-8,12H2,1-3H3. The summed E-state index contributed by atoms with van der Waals surface area (Å²) in [5, 5.41) is 3.56. The average Bonchev–Trinajstić information content (AvgIpc) is 2.88. The third kappa shape index (κ3) is 4.05. The number of hydrogen-bond acceptors (Lipinski definition) is 2. The van der Waals surface area contributed by atoms with Crippen molar-refractivity contribution in [1.29, 1.82) is 0 Å². The van der Waals surface area contributed by atoms with E-state index in [4.69, 9.17) is 4.74 Å². The first kappa shape index (κ1) is 14.5. The summed E-state index contributed by atoms with van der Waals surface area (Å²) in [7, 11) is 0. The normalized spacial score (nSPS) is 17.8. The molecule has 1 saturated carbocycles. The minimum atomic E-state index is 0.325. The van der Waals surface area contributed by atoms with Crippen LogP contribution in [-0.2, 0) is 4.74 Å². The molecule has 0 bridgehead atoms. The Morgan fingerprint density at radius 2 is 2.00 bits per heavy atom. The minimum Gasteiger partial charge on any atom is -0.376 e. The van der Waals surface area contributed by atoms with E-state index in [0.717, 1.165) is 13.2 Å². The zero-order valence-corrected chi connectivity index (χ0v) is 12.5. The van der Waals surface area contributed by atoms with E-state index < -0.39 is 0 Å². The Morgan fingerprint density at radius 1 is 1.26 bits per heavy atom. The van der Waals surface area contributed by atoms with Gasteiger partial charge in [-0.1, -0.05) is 43.5 Å². The lowest BCUT2D eigenvalue weighted by Gasteiger charge is -2.22. The Labute approximate surface area is 117 Å². The molecule has 0 saturated heterocycles. The van der Waals surface area contributed by atoms with Crippen LogP contribution in [0.25, 0.3) is 0 Å². The average molecular weight is 261 g/mol. The van der Waals surface area contributed by atoms with Gasteiger partial charge in [-0.05, 0) is 44.4 Å². The number of nitrogens with one attached hydrogen (secondary N) is 1. The Kier molecular flexibility index (Phi) is 5.41. The summed E-state index contributed by atoms with van der Waals surface area (Å²) in [4.78, 5) is 0. The fraction of sp³-hybridized carbons (Fsp3) is 0.647. The van der Waals surface area contributed by atoms with Crippen molar-refractivity contribution in [3.05, 3.63) is 34.9 Å². The summed E-state index contributed by atoms with van der Waals surface area (Å²) in [6, 6.07) is 7.03. The molecule has 0 amide bonds. The van der Waals surface area contributed by atoms with E-state index in [1.807, 2.05) is 0 Å². The molecule has 1 fully saturated rings. The van der Waals surface area contributed by atoms with Crippen molar-refractivity contribution in [1.82, 2.24) is 5.32 Å². The largest absolute Gasteiger partial charge is 0.376 e. The van der Waals surface area contributed by atoms with Gasteiger partial charge in [0.1, 0.15) is 0 Å². The van der Waals surface area contributed by atoms with Gasteiger partial charge in [-0.15, -0.1) is 0 Å². The van der Waals surface area contributed by atoms with Crippen LogP contribution in [0.3, 0.4) is 0 Å². The van der Waals surface area contributed by atoms with Crippen molar-refractivity contribution in [2.45, 2.75) is 58.6 Å². The fourth-order valence-corrected chi connectivity index (χ4v) is 3.01. The third-order valence-corrected chi connectivity index (χ3v) is 4.05. The number of ether oxygens (including phenoxy) is 1. The van der Waals surface area contributed by atoms with E-state index >= 15 is 0 Å². The molecular formula is C17H27NO. The lowest BCUT2D eigenvalue weighted by atomic mass is 9.99. The predicted octanol–water partition coefficient (Wildman–Crippen LogP) is 3.91. The van der Waals surface area contributed by atoms with Gasteiger partial charge in [-0.3, -0.25) is 0 Å². The van der Waals surface area contributed by atoms with Gasteiger partial charge < -0.3 is 10.1 Å². The van der Waals surface area contributed by atoms with Gasteiger partial charge in [0, 0.05) is 0 Å². The zero-order chi connectivity index (χ0) is 13.7. The maximum atomic E-state index is 6.09. The predicted molar refractivity (Wildman–Crippen MR) is 80.5 cm³/mol. The summed E-state index contributed by atoms with van der Waals surface area (Å²) in [5.74, 6) is 0. The molecule has 2 rings (SSSR count). The van der Waals surface area contributed by atoms with Crippen molar-refractivity contribution in [3.63, 3.8) is 0 Å². The van der Waals surface area contributed by atoms with Gasteiger partial charge in [-0.2, -0.15) is 0 Å². The molecule has 106 valence electrons. The molecule has 2 nitrogen and oxygen atoms in total. The van der Waals surface area contributed by atoms with E-state index in [0.29, 0.717) is 12.1 Å². The van der Waals surface area contributed by atoms with Gasteiger partial charge in [0.25, 0.3) is 0 Å². The van der Waals surface area contributed by atoms with Crippen LogP contribution < -0.4 is 5.32 Å². The third-order valence-electron chi connectivity index (χ3n) is 4.05. The molecule has 1 unspecified atom stereocenters.